The van der Waals surface area contributed by atoms with Crippen molar-refractivity contribution < 1.29 is 14.3 Å². The monoisotopic (exact) mass is 376 g/mol. The molecular formula is C20H32N4O3. The van der Waals surface area contributed by atoms with E-state index in [1.807, 2.05) is 24.0 Å². The van der Waals surface area contributed by atoms with Crippen LogP contribution in [0.1, 0.15) is 38.3 Å². The van der Waals surface area contributed by atoms with Crippen molar-refractivity contribution in [3.63, 3.8) is 0 Å². The number of ether oxygens (including phenoxy) is 2. The molecule has 3 rings (SSSR count). The molecule has 150 valence electrons. The highest BCUT2D eigenvalue weighted by Crippen LogP contribution is 2.34. The first kappa shape index (κ1) is 19.9. The number of likely N-dealkylation sites (tertiary alicyclic amines) is 1. The third-order valence-corrected chi connectivity index (χ3v) is 5.62. The van der Waals surface area contributed by atoms with E-state index in [-0.39, 0.29) is 11.6 Å². The van der Waals surface area contributed by atoms with Gasteiger partial charge in [-0.15, -0.1) is 0 Å². The molecule has 1 unspecified atom stereocenters. The lowest BCUT2D eigenvalue weighted by atomic mass is 9.91. The van der Waals surface area contributed by atoms with Gasteiger partial charge < -0.3 is 24.6 Å². The number of carbonyl (C=O) groups is 1. The SMILES string of the molecule is CCCC1(COC)CCCN1C(=O)Nc1ccc(N2CCOCC2)nc1C. The van der Waals surface area contributed by atoms with Gasteiger partial charge in [-0.1, -0.05) is 13.3 Å². The number of amides is 2. The van der Waals surface area contributed by atoms with Crippen LogP contribution in [0.3, 0.4) is 0 Å². The van der Waals surface area contributed by atoms with Gasteiger partial charge in [0.15, 0.2) is 0 Å². The number of nitrogens with zero attached hydrogens (tertiary/aromatic N) is 3. The van der Waals surface area contributed by atoms with Gasteiger partial charge in [-0.25, -0.2) is 9.78 Å². The topological polar surface area (TPSA) is 66.9 Å². The van der Waals surface area contributed by atoms with Crippen molar-refractivity contribution in [1.82, 2.24) is 9.88 Å². The third-order valence-electron chi connectivity index (χ3n) is 5.62. The van der Waals surface area contributed by atoms with E-state index in [1.54, 1.807) is 7.11 Å². The Bertz CT molecular complexity index is 640. The number of urea groups is 1. The first-order valence-corrected chi connectivity index (χ1v) is 9.97. The summed E-state index contributed by atoms with van der Waals surface area (Å²) in [4.78, 5) is 21.9. The molecule has 27 heavy (non-hydrogen) atoms. The zero-order chi connectivity index (χ0) is 19.3. The highest BCUT2D eigenvalue weighted by Gasteiger charge is 2.43. The van der Waals surface area contributed by atoms with Gasteiger partial charge in [-0.3, -0.25) is 0 Å². The number of aromatic nitrogens is 1. The lowest BCUT2D eigenvalue weighted by Gasteiger charge is -2.38. The number of rotatable bonds is 6. The molecule has 0 aliphatic carbocycles. The van der Waals surface area contributed by atoms with E-state index in [0.29, 0.717) is 6.61 Å². The molecule has 2 amide bonds. The van der Waals surface area contributed by atoms with E-state index in [2.05, 4.69) is 17.1 Å². The highest BCUT2D eigenvalue weighted by molar-refractivity contribution is 5.90. The van der Waals surface area contributed by atoms with Crippen molar-refractivity contribution in [3.8, 4) is 0 Å². The van der Waals surface area contributed by atoms with Crippen molar-refractivity contribution in [2.45, 2.75) is 45.1 Å². The number of aryl methyl sites for hydroxylation is 1. The number of hydrogen-bond donors (Lipinski definition) is 1. The van der Waals surface area contributed by atoms with Gasteiger partial charge >= 0.3 is 6.03 Å². The van der Waals surface area contributed by atoms with Crippen molar-refractivity contribution >= 4 is 17.5 Å². The zero-order valence-corrected chi connectivity index (χ0v) is 16.8. The van der Waals surface area contributed by atoms with Crippen LogP contribution in [-0.4, -0.2) is 68.0 Å². The van der Waals surface area contributed by atoms with Gasteiger partial charge in [0.2, 0.25) is 0 Å². The molecule has 1 aromatic rings. The maximum atomic E-state index is 13.0. The average molecular weight is 377 g/mol. The minimum Gasteiger partial charge on any atom is -0.382 e. The van der Waals surface area contributed by atoms with Gasteiger partial charge in [-0.05, 0) is 38.3 Å². The fourth-order valence-electron chi connectivity index (χ4n) is 4.30. The fraction of sp³-hybridized carbons (Fsp3) is 0.700. The van der Waals surface area contributed by atoms with Crippen LogP contribution in [0.4, 0.5) is 16.3 Å². The molecule has 3 heterocycles. The Morgan fingerprint density at radius 1 is 1.33 bits per heavy atom. The quantitative estimate of drug-likeness (QED) is 0.827. The van der Waals surface area contributed by atoms with Gasteiger partial charge in [0.05, 0.1) is 36.7 Å². The van der Waals surface area contributed by atoms with Gasteiger partial charge in [0.25, 0.3) is 0 Å². The number of methoxy groups -OCH3 is 1. The molecule has 2 saturated heterocycles. The Labute approximate surface area is 162 Å². The molecule has 0 saturated carbocycles. The summed E-state index contributed by atoms with van der Waals surface area (Å²) in [5, 5.41) is 3.08. The van der Waals surface area contributed by atoms with Crippen LogP contribution in [0.15, 0.2) is 12.1 Å². The molecule has 7 nitrogen and oxygen atoms in total. The highest BCUT2D eigenvalue weighted by atomic mass is 16.5. The predicted octanol–water partition coefficient (Wildman–Crippen LogP) is 3.04. The summed E-state index contributed by atoms with van der Waals surface area (Å²) in [7, 11) is 1.71. The molecule has 2 aliphatic heterocycles. The Morgan fingerprint density at radius 2 is 2.11 bits per heavy atom. The first-order valence-electron chi connectivity index (χ1n) is 9.97. The van der Waals surface area contributed by atoms with E-state index in [4.69, 9.17) is 14.5 Å². The molecule has 1 N–H and O–H groups in total. The van der Waals surface area contributed by atoms with Gasteiger partial charge in [0, 0.05) is 26.7 Å². The molecule has 1 aromatic heterocycles. The molecule has 0 radical (unpaired) electrons. The molecule has 1 atom stereocenters. The van der Waals surface area contributed by atoms with Crippen LogP contribution in [0.5, 0.6) is 0 Å². The van der Waals surface area contributed by atoms with Crippen LogP contribution in [0.2, 0.25) is 0 Å². The second-order valence-electron chi connectivity index (χ2n) is 7.49. The Balaban J connectivity index is 1.71. The number of morpholine rings is 1. The first-order chi connectivity index (χ1) is 13.1. The van der Waals surface area contributed by atoms with Gasteiger partial charge in [-0.2, -0.15) is 0 Å². The normalized spacial score (nSPS) is 22.9. The molecule has 7 heteroatoms. The summed E-state index contributed by atoms with van der Waals surface area (Å²) < 4.78 is 10.9. The number of nitrogens with one attached hydrogen (secondary N) is 1. The van der Waals surface area contributed by atoms with Crippen LogP contribution in [-0.2, 0) is 9.47 Å². The summed E-state index contributed by atoms with van der Waals surface area (Å²) >= 11 is 0. The Morgan fingerprint density at radius 3 is 2.78 bits per heavy atom. The third kappa shape index (κ3) is 4.35. The molecule has 0 bridgehead atoms. The minimum atomic E-state index is -0.192. The number of hydrogen-bond acceptors (Lipinski definition) is 5. The molecule has 2 fully saturated rings. The Kier molecular flexibility index (Phi) is 6.55. The molecule has 2 aliphatic rings. The summed E-state index contributed by atoms with van der Waals surface area (Å²) in [5.41, 5.74) is 1.41. The van der Waals surface area contributed by atoms with Crippen LogP contribution < -0.4 is 10.2 Å². The minimum absolute atomic E-state index is 0.0537. The van der Waals surface area contributed by atoms with E-state index >= 15 is 0 Å². The number of anilines is 2. The number of pyridine rings is 1. The van der Waals surface area contributed by atoms with Crippen molar-refractivity contribution in [2.75, 3.05) is 56.8 Å². The van der Waals surface area contributed by atoms with Crippen LogP contribution in [0, 0.1) is 6.92 Å². The summed E-state index contributed by atoms with van der Waals surface area (Å²) in [6.45, 7) is 8.61. The van der Waals surface area contributed by atoms with Crippen molar-refractivity contribution in [1.29, 1.82) is 0 Å². The largest absolute Gasteiger partial charge is 0.382 e. The molecule has 0 aromatic carbocycles. The van der Waals surface area contributed by atoms with Crippen molar-refractivity contribution in [2.24, 2.45) is 0 Å². The summed E-state index contributed by atoms with van der Waals surface area (Å²) in [5.74, 6) is 0.940. The van der Waals surface area contributed by atoms with Crippen LogP contribution >= 0.6 is 0 Å². The predicted molar refractivity (Wildman–Crippen MR) is 106 cm³/mol. The average Bonchev–Trinajstić information content (AvgIpc) is 3.08. The zero-order valence-electron chi connectivity index (χ0n) is 16.8. The lowest BCUT2D eigenvalue weighted by Crippen LogP contribution is -2.52. The summed E-state index contributed by atoms with van der Waals surface area (Å²) in [6, 6.07) is 3.88. The number of carbonyl (C=O) groups excluding carboxylic acids is 1. The summed E-state index contributed by atoms with van der Waals surface area (Å²) in [6.07, 6.45) is 4.00. The maximum Gasteiger partial charge on any atom is 0.322 e. The Hall–Kier alpha value is -1.86. The van der Waals surface area contributed by atoms with E-state index in [9.17, 15) is 4.79 Å². The second-order valence-corrected chi connectivity index (χ2v) is 7.49. The fourth-order valence-corrected chi connectivity index (χ4v) is 4.30. The molecule has 0 spiro atoms. The molecular weight excluding hydrogens is 344 g/mol. The van der Waals surface area contributed by atoms with E-state index < -0.39 is 0 Å². The van der Waals surface area contributed by atoms with Crippen LogP contribution in [0.25, 0.3) is 0 Å². The van der Waals surface area contributed by atoms with E-state index in [1.165, 1.54) is 0 Å². The lowest BCUT2D eigenvalue weighted by molar-refractivity contribution is 0.0540. The standard InChI is InChI=1S/C20H32N4O3/c1-4-8-20(15-26-3)9-5-10-24(20)19(25)22-17-6-7-18(21-16(17)2)23-11-13-27-14-12-23/h6-7H,4-5,8-15H2,1-3H3,(H,22,25). The van der Waals surface area contributed by atoms with Gasteiger partial charge in [0.1, 0.15) is 5.82 Å². The maximum absolute atomic E-state index is 13.0. The smallest absolute Gasteiger partial charge is 0.322 e. The van der Waals surface area contributed by atoms with E-state index in [0.717, 1.165) is 75.7 Å². The van der Waals surface area contributed by atoms with Crippen molar-refractivity contribution in [3.05, 3.63) is 17.8 Å². The second kappa shape index (κ2) is 8.89.